The minimum Gasteiger partial charge on any atom is -0.332 e. The van der Waals surface area contributed by atoms with Crippen molar-refractivity contribution in [3.8, 4) is 0 Å². The second-order valence-electron chi connectivity index (χ2n) is 3.58. The van der Waals surface area contributed by atoms with Crippen LogP contribution in [0.1, 0.15) is 10.4 Å². The van der Waals surface area contributed by atoms with E-state index in [0.717, 1.165) is 0 Å². The molecule has 1 amide bonds. The van der Waals surface area contributed by atoms with Crippen molar-refractivity contribution in [2.75, 3.05) is 19.0 Å². The lowest BCUT2D eigenvalue weighted by molar-refractivity contribution is 0.0566. The molecule has 8 heteroatoms. The van der Waals surface area contributed by atoms with Crippen LogP contribution in [0.25, 0.3) is 0 Å². The van der Waals surface area contributed by atoms with Gasteiger partial charge in [-0.1, -0.05) is 11.6 Å². The molecule has 0 aliphatic rings. The average Bonchev–Trinajstić information content (AvgIpc) is 2.32. The first-order valence-electron chi connectivity index (χ1n) is 5.14. The third-order valence-corrected chi connectivity index (χ3v) is 2.70. The minimum atomic E-state index is -2.80. The van der Waals surface area contributed by atoms with Gasteiger partial charge >= 0.3 is 0 Å². The Hall–Kier alpha value is -1.01. The fourth-order valence-electron chi connectivity index (χ4n) is 1.40. The molecule has 0 aliphatic heterocycles. The molecule has 0 spiro atoms. The summed E-state index contributed by atoms with van der Waals surface area (Å²) in [6.45, 7) is -1.11. The Balaban J connectivity index is 3.05. The molecule has 0 saturated carbocycles. The third kappa shape index (κ3) is 4.24. The van der Waals surface area contributed by atoms with Gasteiger partial charge in [-0.2, -0.15) is 0 Å². The minimum absolute atomic E-state index is 0.101. The van der Waals surface area contributed by atoms with E-state index in [1.54, 1.807) is 0 Å². The van der Waals surface area contributed by atoms with Crippen molar-refractivity contribution in [1.29, 1.82) is 0 Å². The summed E-state index contributed by atoms with van der Waals surface area (Å²) in [5.74, 6) is -3.25. The van der Waals surface area contributed by atoms with Crippen LogP contribution in [0.2, 0.25) is 5.02 Å². The SMILES string of the molecule is O=C(c1cc(F)c(Cl)cc1F)N(CCCl)CC(F)F. The number of hydrogen-bond donors (Lipinski definition) is 0. The highest BCUT2D eigenvalue weighted by molar-refractivity contribution is 6.30. The zero-order valence-electron chi connectivity index (χ0n) is 9.48. The number of amides is 1. The molecule has 0 N–H and O–H groups in total. The average molecular weight is 318 g/mol. The van der Waals surface area contributed by atoms with E-state index in [9.17, 15) is 22.4 Å². The van der Waals surface area contributed by atoms with Crippen LogP contribution in [0, 0.1) is 11.6 Å². The molecule has 0 aliphatic carbocycles. The highest BCUT2D eigenvalue weighted by atomic mass is 35.5. The van der Waals surface area contributed by atoms with E-state index in [2.05, 4.69) is 0 Å². The smallest absolute Gasteiger partial charge is 0.257 e. The Labute approximate surface area is 116 Å². The number of hydrogen-bond acceptors (Lipinski definition) is 1. The van der Waals surface area contributed by atoms with Crippen molar-refractivity contribution in [3.05, 3.63) is 34.4 Å². The highest BCUT2D eigenvalue weighted by Crippen LogP contribution is 2.20. The normalized spacial score (nSPS) is 10.9. The van der Waals surface area contributed by atoms with Crippen LogP contribution in [-0.2, 0) is 0 Å². The van der Waals surface area contributed by atoms with E-state index in [-0.39, 0.29) is 12.4 Å². The van der Waals surface area contributed by atoms with Gasteiger partial charge in [0, 0.05) is 12.4 Å². The Morgan fingerprint density at radius 2 is 1.89 bits per heavy atom. The number of alkyl halides is 3. The molecule has 1 aromatic carbocycles. The fraction of sp³-hybridized carbons (Fsp3) is 0.364. The van der Waals surface area contributed by atoms with Crippen molar-refractivity contribution < 1.29 is 22.4 Å². The lowest BCUT2D eigenvalue weighted by Crippen LogP contribution is -2.37. The van der Waals surface area contributed by atoms with E-state index in [1.165, 1.54) is 0 Å². The van der Waals surface area contributed by atoms with Crippen LogP contribution < -0.4 is 0 Å². The van der Waals surface area contributed by atoms with Crippen LogP contribution in [-0.4, -0.2) is 36.2 Å². The van der Waals surface area contributed by atoms with E-state index < -0.39 is 41.1 Å². The Bertz CT molecular complexity index is 470. The van der Waals surface area contributed by atoms with Gasteiger partial charge in [0.1, 0.15) is 11.6 Å². The summed E-state index contributed by atoms with van der Waals surface area (Å²) in [6.07, 6.45) is -2.80. The summed E-state index contributed by atoms with van der Waals surface area (Å²) in [5, 5.41) is -0.494. The molecule has 1 rings (SSSR count). The summed E-state index contributed by atoms with van der Waals surface area (Å²) < 4.78 is 51.3. The first-order valence-corrected chi connectivity index (χ1v) is 6.06. The maximum absolute atomic E-state index is 13.5. The Kier molecular flexibility index (Phi) is 5.87. The third-order valence-electron chi connectivity index (χ3n) is 2.24. The number of benzene rings is 1. The first kappa shape index (κ1) is 16.0. The standard InChI is InChI=1S/C11H9Cl2F4NO/c12-1-2-18(5-10(16)17)11(19)6-3-9(15)7(13)4-8(6)14/h3-4,10H,1-2,5H2. The first-order chi connectivity index (χ1) is 8.86. The molecule has 0 aromatic heterocycles. The van der Waals surface area contributed by atoms with Crippen molar-refractivity contribution in [2.45, 2.75) is 6.43 Å². The molecule has 19 heavy (non-hydrogen) atoms. The van der Waals surface area contributed by atoms with Gasteiger partial charge in [0.15, 0.2) is 0 Å². The predicted molar refractivity (Wildman–Crippen MR) is 64.0 cm³/mol. The molecule has 106 valence electrons. The molecule has 0 bridgehead atoms. The van der Waals surface area contributed by atoms with Gasteiger partial charge in [-0.15, -0.1) is 11.6 Å². The summed E-state index contributed by atoms with van der Waals surface area (Å²) >= 11 is 10.7. The molecule has 0 radical (unpaired) electrons. The fourth-order valence-corrected chi connectivity index (χ4v) is 1.76. The molecule has 0 fully saturated rings. The number of halogens is 6. The zero-order chi connectivity index (χ0) is 14.6. The molecule has 1 aromatic rings. The summed E-state index contributed by atoms with van der Waals surface area (Å²) in [6, 6.07) is 1.19. The Morgan fingerprint density at radius 1 is 1.26 bits per heavy atom. The molecule has 0 saturated heterocycles. The van der Waals surface area contributed by atoms with E-state index in [1.807, 2.05) is 0 Å². The van der Waals surface area contributed by atoms with Gasteiger partial charge in [-0.25, -0.2) is 17.6 Å². The number of rotatable bonds is 5. The van der Waals surface area contributed by atoms with Crippen molar-refractivity contribution >= 4 is 29.1 Å². The second-order valence-corrected chi connectivity index (χ2v) is 4.36. The van der Waals surface area contributed by atoms with Gasteiger partial charge in [0.2, 0.25) is 0 Å². The van der Waals surface area contributed by atoms with E-state index >= 15 is 0 Å². The summed E-state index contributed by atoms with van der Waals surface area (Å²) in [7, 11) is 0. The van der Waals surface area contributed by atoms with Gasteiger partial charge in [-0.05, 0) is 12.1 Å². The maximum atomic E-state index is 13.5. The second kappa shape index (κ2) is 6.96. The quantitative estimate of drug-likeness (QED) is 0.462. The van der Waals surface area contributed by atoms with Crippen molar-refractivity contribution in [2.24, 2.45) is 0 Å². The molecule has 0 unspecified atom stereocenters. The monoisotopic (exact) mass is 317 g/mol. The van der Waals surface area contributed by atoms with Crippen LogP contribution in [0.3, 0.4) is 0 Å². The van der Waals surface area contributed by atoms with Gasteiger partial charge < -0.3 is 4.90 Å². The van der Waals surface area contributed by atoms with Gasteiger partial charge in [0.25, 0.3) is 12.3 Å². The highest BCUT2D eigenvalue weighted by Gasteiger charge is 2.23. The maximum Gasteiger partial charge on any atom is 0.257 e. The van der Waals surface area contributed by atoms with Gasteiger partial charge in [0.05, 0.1) is 17.1 Å². The lowest BCUT2D eigenvalue weighted by Gasteiger charge is -2.21. The number of carbonyl (C=O) groups is 1. The van der Waals surface area contributed by atoms with Crippen molar-refractivity contribution in [3.63, 3.8) is 0 Å². The molecule has 2 nitrogen and oxygen atoms in total. The number of nitrogens with zero attached hydrogens (tertiary/aromatic N) is 1. The molecular formula is C11H9Cl2F4NO. The Morgan fingerprint density at radius 3 is 2.42 bits per heavy atom. The van der Waals surface area contributed by atoms with E-state index in [4.69, 9.17) is 23.2 Å². The van der Waals surface area contributed by atoms with Crippen LogP contribution in [0.4, 0.5) is 17.6 Å². The molecular weight excluding hydrogens is 309 g/mol. The largest absolute Gasteiger partial charge is 0.332 e. The summed E-state index contributed by atoms with van der Waals surface area (Å²) in [5.41, 5.74) is -0.660. The van der Waals surface area contributed by atoms with Crippen LogP contribution in [0.5, 0.6) is 0 Å². The predicted octanol–water partition coefficient (Wildman–Crippen LogP) is 3.56. The van der Waals surface area contributed by atoms with E-state index in [0.29, 0.717) is 17.0 Å². The number of carbonyl (C=O) groups excluding carboxylic acids is 1. The van der Waals surface area contributed by atoms with Crippen LogP contribution >= 0.6 is 23.2 Å². The van der Waals surface area contributed by atoms with Crippen LogP contribution in [0.15, 0.2) is 12.1 Å². The lowest BCUT2D eigenvalue weighted by atomic mass is 10.1. The molecule has 0 heterocycles. The summed E-state index contributed by atoms with van der Waals surface area (Å²) in [4.78, 5) is 12.5. The topological polar surface area (TPSA) is 20.3 Å². The van der Waals surface area contributed by atoms with Gasteiger partial charge in [-0.3, -0.25) is 4.79 Å². The van der Waals surface area contributed by atoms with Crippen molar-refractivity contribution in [1.82, 2.24) is 4.90 Å². The molecule has 0 atom stereocenters. The zero-order valence-corrected chi connectivity index (χ0v) is 11.0.